The fourth-order valence-corrected chi connectivity index (χ4v) is 10.1. The lowest BCUT2D eigenvalue weighted by atomic mass is 9.98. The predicted molar refractivity (Wildman–Crippen MR) is 316 cm³/mol. The van der Waals surface area contributed by atoms with Gasteiger partial charge in [-0.2, -0.15) is 0 Å². The van der Waals surface area contributed by atoms with Crippen LogP contribution in [0.1, 0.15) is 290 Å². The molecule has 0 bridgehead atoms. The van der Waals surface area contributed by atoms with Crippen LogP contribution in [0.15, 0.2) is 48.6 Å². The average molecular weight is 1080 g/mol. The topological polar surface area (TPSA) is 189 Å². The van der Waals surface area contributed by atoms with Gasteiger partial charge in [0.1, 0.15) is 36.6 Å². The third kappa shape index (κ3) is 41.1. The maximum absolute atomic E-state index is 13.2. The van der Waals surface area contributed by atoms with Gasteiger partial charge in [0.25, 0.3) is 0 Å². The Balaban J connectivity index is 2.22. The van der Waals surface area contributed by atoms with E-state index in [9.17, 15) is 40.5 Å². The van der Waals surface area contributed by atoms with E-state index in [1.54, 1.807) is 0 Å². The van der Waals surface area contributed by atoms with E-state index in [1.165, 1.54) is 199 Å². The van der Waals surface area contributed by atoms with Crippen LogP contribution in [0.2, 0.25) is 0 Å². The standard InChI is InChI=1S/C65H121NO10/c1-3-5-7-9-11-13-15-17-19-21-22-23-24-25-26-27-28-29-30-31-32-33-34-35-37-39-41-43-45-47-49-51-53-58(69)64(74)66-56(55-75-65-63(73)62(72)61(71)59(54-67)76-65)60(70)57(68)52-50-48-46-44-42-40-38-36-20-18-16-14-12-10-8-6-4-2/h14,16,25-26,36,38,44,46,56-63,65,67-73H,3-13,15,17-24,27-35,37,39-43,45,47-55H2,1-2H3,(H,66,74)/b16-14+,26-25-,38-36+,46-44+. The minimum absolute atomic E-state index is 0.241. The van der Waals surface area contributed by atoms with E-state index < -0.39 is 74.2 Å². The van der Waals surface area contributed by atoms with Gasteiger partial charge < -0.3 is 50.5 Å². The second-order valence-corrected chi connectivity index (χ2v) is 22.5. The first-order chi connectivity index (χ1) is 37.2. The van der Waals surface area contributed by atoms with Crippen LogP contribution in [0.3, 0.4) is 0 Å². The second kappa shape index (κ2) is 53.7. The summed E-state index contributed by atoms with van der Waals surface area (Å²) in [6.07, 6.45) is 57.6. The van der Waals surface area contributed by atoms with Crippen molar-refractivity contribution in [1.29, 1.82) is 0 Å². The lowest BCUT2D eigenvalue weighted by Crippen LogP contribution is -2.60. The summed E-state index contributed by atoms with van der Waals surface area (Å²) in [5, 5.41) is 76.2. The van der Waals surface area contributed by atoms with Crippen LogP contribution in [0.4, 0.5) is 0 Å². The van der Waals surface area contributed by atoms with Crippen molar-refractivity contribution < 1.29 is 50.0 Å². The van der Waals surface area contributed by atoms with Crippen LogP contribution in [-0.2, 0) is 14.3 Å². The van der Waals surface area contributed by atoms with Gasteiger partial charge >= 0.3 is 0 Å². The third-order valence-corrected chi connectivity index (χ3v) is 15.3. The van der Waals surface area contributed by atoms with Gasteiger partial charge in [0.05, 0.1) is 25.4 Å². The molecule has 0 spiro atoms. The molecule has 446 valence electrons. The number of carbonyl (C=O) groups is 1. The number of hydrogen-bond acceptors (Lipinski definition) is 10. The van der Waals surface area contributed by atoms with E-state index in [-0.39, 0.29) is 12.8 Å². The monoisotopic (exact) mass is 1080 g/mol. The van der Waals surface area contributed by atoms with Crippen molar-refractivity contribution >= 4 is 5.91 Å². The Labute approximate surface area is 466 Å². The second-order valence-electron chi connectivity index (χ2n) is 22.5. The molecule has 1 aliphatic heterocycles. The van der Waals surface area contributed by atoms with E-state index in [0.717, 1.165) is 44.9 Å². The van der Waals surface area contributed by atoms with Crippen molar-refractivity contribution in [2.45, 2.75) is 345 Å². The molecule has 0 aromatic rings. The number of aliphatic hydroxyl groups excluding tert-OH is 7. The fraction of sp³-hybridized carbons (Fsp3) is 0.862. The van der Waals surface area contributed by atoms with Gasteiger partial charge in [-0.3, -0.25) is 4.79 Å². The number of allylic oxidation sites excluding steroid dienone is 8. The van der Waals surface area contributed by atoms with Gasteiger partial charge in [-0.25, -0.2) is 0 Å². The fourth-order valence-electron chi connectivity index (χ4n) is 10.1. The van der Waals surface area contributed by atoms with Crippen molar-refractivity contribution in [2.24, 2.45) is 0 Å². The van der Waals surface area contributed by atoms with Crippen LogP contribution in [0, 0.1) is 0 Å². The molecular formula is C65H121NO10. The van der Waals surface area contributed by atoms with Crippen LogP contribution >= 0.6 is 0 Å². The Morgan fingerprint density at radius 1 is 0.447 bits per heavy atom. The molecule has 1 aliphatic rings. The number of ether oxygens (including phenoxy) is 2. The van der Waals surface area contributed by atoms with E-state index in [2.05, 4.69) is 67.8 Å². The number of unbranched alkanes of at least 4 members (excludes halogenated alkanes) is 35. The first-order valence-electron chi connectivity index (χ1n) is 32.0. The molecule has 0 radical (unpaired) electrons. The van der Waals surface area contributed by atoms with Crippen LogP contribution in [0.25, 0.3) is 0 Å². The zero-order valence-corrected chi connectivity index (χ0v) is 49.0. The molecule has 11 nitrogen and oxygen atoms in total. The van der Waals surface area contributed by atoms with E-state index in [4.69, 9.17) is 9.47 Å². The van der Waals surface area contributed by atoms with Crippen LogP contribution < -0.4 is 5.32 Å². The third-order valence-electron chi connectivity index (χ3n) is 15.3. The molecule has 0 saturated carbocycles. The van der Waals surface area contributed by atoms with Gasteiger partial charge in [0, 0.05) is 0 Å². The highest BCUT2D eigenvalue weighted by Gasteiger charge is 2.44. The molecule has 1 heterocycles. The summed E-state index contributed by atoms with van der Waals surface area (Å²) < 4.78 is 11.1. The van der Waals surface area contributed by atoms with Gasteiger partial charge in [-0.1, -0.05) is 249 Å². The number of rotatable bonds is 55. The number of carbonyl (C=O) groups excluding carboxylic acids is 1. The molecule has 11 heteroatoms. The van der Waals surface area contributed by atoms with Gasteiger partial charge in [0.2, 0.25) is 5.91 Å². The molecule has 0 aliphatic carbocycles. The molecule has 76 heavy (non-hydrogen) atoms. The van der Waals surface area contributed by atoms with Crippen molar-refractivity contribution in [1.82, 2.24) is 5.32 Å². The summed E-state index contributed by atoms with van der Waals surface area (Å²) in [5.74, 6) is -0.710. The Morgan fingerprint density at radius 3 is 1.18 bits per heavy atom. The van der Waals surface area contributed by atoms with E-state index in [1.807, 2.05) is 0 Å². The van der Waals surface area contributed by atoms with Crippen LogP contribution in [0.5, 0.6) is 0 Å². The molecule has 1 saturated heterocycles. The van der Waals surface area contributed by atoms with Crippen molar-refractivity contribution in [3.8, 4) is 0 Å². The van der Waals surface area contributed by atoms with Gasteiger partial charge in [-0.05, 0) is 89.9 Å². The summed E-state index contributed by atoms with van der Waals surface area (Å²) in [4.78, 5) is 13.2. The Morgan fingerprint density at radius 2 is 0.789 bits per heavy atom. The van der Waals surface area contributed by atoms with Crippen molar-refractivity contribution in [2.75, 3.05) is 13.2 Å². The minimum Gasteiger partial charge on any atom is -0.394 e. The normalized spacial score (nSPS) is 19.9. The number of amides is 1. The summed E-state index contributed by atoms with van der Waals surface area (Å²) in [6.45, 7) is 3.44. The molecule has 1 rings (SSSR count). The quantitative estimate of drug-likeness (QED) is 0.0215. The summed E-state index contributed by atoms with van der Waals surface area (Å²) in [7, 11) is 0. The SMILES string of the molecule is CCCCCC/C=C/CC/C=C/CC/C=C/CCCC(O)C(O)C(COC1OC(CO)C(O)C(O)C1O)NC(=O)C(O)CCCCCCCCCCCCCCCCCC/C=C\CCCCCCCCCCCCCC. The number of aliphatic hydroxyl groups is 7. The highest BCUT2D eigenvalue weighted by atomic mass is 16.7. The first-order valence-corrected chi connectivity index (χ1v) is 32.0. The maximum atomic E-state index is 13.2. The molecule has 1 amide bonds. The Hall–Kier alpha value is -1.93. The largest absolute Gasteiger partial charge is 0.394 e. The number of hydrogen-bond donors (Lipinski definition) is 8. The summed E-state index contributed by atoms with van der Waals surface area (Å²) >= 11 is 0. The molecule has 1 fully saturated rings. The van der Waals surface area contributed by atoms with Crippen molar-refractivity contribution in [3.05, 3.63) is 48.6 Å². The van der Waals surface area contributed by atoms with E-state index >= 15 is 0 Å². The zero-order chi connectivity index (χ0) is 55.4. The number of nitrogens with one attached hydrogen (secondary N) is 1. The minimum atomic E-state index is -1.67. The highest BCUT2D eigenvalue weighted by Crippen LogP contribution is 2.23. The van der Waals surface area contributed by atoms with Crippen molar-refractivity contribution in [3.63, 3.8) is 0 Å². The molecule has 8 N–H and O–H groups in total. The maximum Gasteiger partial charge on any atom is 0.249 e. The van der Waals surface area contributed by atoms with Gasteiger partial charge in [-0.15, -0.1) is 0 Å². The summed E-state index contributed by atoms with van der Waals surface area (Å²) in [6, 6.07) is -1.20. The van der Waals surface area contributed by atoms with Gasteiger partial charge in [0.15, 0.2) is 6.29 Å². The molecule has 9 atom stereocenters. The molecule has 0 aromatic heterocycles. The Kier molecular flexibility index (Phi) is 50.9. The lowest BCUT2D eigenvalue weighted by Gasteiger charge is -2.40. The zero-order valence-electron chi connectivity index (χ0n) is 49.0. The van der Waals surface area contributed by atoms with E-state index in [0.29, 0.717) is 19.3 Å². The predicted octanol–water partition coefficient (Wildman–Crippen LogP) is 14.4. The average Bonchev–Trinajstić information content (AvgIpc) is 3.42. The molecule has 0 aromatic carbocycles. The van der Waals surface area contributed by atoms with Crippen LogP contribution in [-0.4, -0.2) is 110 Å². The molecule has 9 unspecified atom stereocenters. The smallest absolute Gasteiger partial charge is 0.249 e. The molecular weight excluding hydrogens is 955 g/mol. The lowest BCUT2D eigenvalue weighted by molar-refractivity contribution is -0.303. The first kappa shape index (κ1) is 72.1. The highest BCUT2D eigenvalue weighted by molar-refractivity contribution is 5.80. The summed E-state index contributed by atoms with van der Waals surface area (Å²) in [5.41, 5.74) is 0. The Bertz CT molecular complexity index is 1370.